The average molecular weight is 372 g/mol. The van der Waals surface area contributed by atoms with Gasteiger partial charge in [0.25, 0.3) is 6.47 Å². The van der Waals surface area contributed by atoms with Crippen molar-refractivity contribution in [3.8, 4) is 11.4 Å². The minimum atomic E-state index is -0.318. The molecule has 1 aliphatic rings. The van der Waals surface area contributed by atoms with Crippen LogP contribution in [0.2, 0.25) is 0 Å². The molecule has 7 heteroatoms. The van der Waals surface area contributed by atoms with Gasteiger partial charge in [0, 0.05) is 37.9 Å². The fraction of sp³-hybridized carbons (Fsp3) is 0.450. The molecule has 1 fully saturated rings. The third-order valence-electron chi connectivity index (χ3n) is 3.85. The molecule has 1 saturated heterocycles. The maximum absolute atomic E-state index is 9.60. The number of ether oxygens (including phenoxy) is 1. The number of aromatic nitrogens is 2. The first-order chi connectivity index (χ1) is 12.9. The van der Waals surface area contributed by atoms with Crippen molar-refractivity contribution in [2.75, 3.05) is 31.1 Å². The number of aliphatic hydroxyl groups is 1. The first-order valence-electron chi connectivity index (χ1n) is 9.03. The lowest BCUT2D eigenvalue weighted by atomic mass is 10.1. The van der Waals surface area contributed by atoms with Gasteiger partial charge >= 0.3 is 0 Å². The molecule has 1 aromatic heterocycles. The molecule has 27 heavy (non-hydrogen) atoms. The summed E-state index contributed by atoms with van der Waals surface area (Å²) in [6.45, 7) is 9.86. The van der Waals surface area contributed by atoms with E-state index in [2.05, 4.69) is 24.9 Å². The Bertz CT molecular complexity index is 725. The third kappa shape index (κ3) is 6.96. The summed E-state index contributed by atoms with van der Waals surface area (Å²) in [5.41, 5.74) is 1.49. The zero-order valence-corrected chi connectivity index (χ0v) is 16.2. The first kappa shape index (κ1) is 20.8. The molecule has 0 radical (unpaired) electrons. The van der Waals surface area contributed by atoms with E-state index >= 15 is 0 Å². The molecule has 0 bridgehead atoms. The van der Waals surface area contributed by atoms with Gasteiger partial charge in [-0.25, -0.2) is 9.97 Å². The van der Waals surface area contributed by atoms with E-state index in [0.717, 1.165) is 43.1 Å². The number of carbonyl (C=O) groups is 1. The number of nitrogens with one attached hydrogen (secondary N) is 1. The van der Waals surface area contributed by atoms with Gasteiger partial charge in [-0.2, -0.15) is 0 Å². The number of nitrogens with zero attached hydrogens (tertiary/aromatic N) is 3. The zero-order chi connectivity index (χ0) is 19.7. The molecule has 0 spiro atoms. The summed E-state index contributed by atoms with van der Waals surface area (Å²) in [7, 11) is 0. The smallest absolute Gasteiger partial charge is 0.293 e. The van der Waals surface area contributed by atoms with Gasteiger partial charge in [-0.3, -0.25) is 4.79 Å². The van der Waals surface area contributed by atoms with Gasteiger partial charge in [0.1, 0.15) is 11.4 Å². The maximum Gasteiger partial charge on any atom is 0.293 e. The predicted octanol–water partition coefficient (Wildman–Crippen LogP) is 2.00. The number of anilines is 1. The summed E-state index contributed by atoms with van der Waals surface area (Å²) < 4.78 is 4.55. The van der Waals surface area contributed by atoms with Crippen LogP contribution in [0.1, 0.15) is 26.3 Å². The minimum Gasteiger partial charge on any atom is -0.462 e. The highest BCUT2D eigenvalue weighted by atomic mass is 16.5. The van der Waals surface area contributed by atoms with Crippen molar-refractivity contribution in [1.82, 2.24) is 15.3 Å². The largest absolute Gasteiger partial charge is 0.462 e. The Balaban J connectivity index is 0.000000321. The molecule has 146 valence electrons. The average Bonchev–Trinajstić information content (AvgIpc) is 2.68. The Morgan fingerprint density at radius 3 is 2.59 bits per heavy atom. The maximum atomic E-state index is 9.60. The van der Waals surface area contributed by atoms with Crippen LogP contribution in [0, 0.1) is 0 Å². The molecule has 2 aromatic rings. The van der Waals surface area contributed by atoms with Gasteiger partial charge in [-0.05, 0) is 38.5 Å². The van der Waals surface area contributed by atoms with E-state index in [0.29, 0.717) is 12.3 Å². The van der Waals surface area contributed by atoms with Crippen molar-refractivity contribution in [2.45, 2.75) is 33.0 Å². The lowest BCUT2D eigenvalue weighted by Crippen LogP contribution is -2.43. The van der Waals surface area contributed by atoms with Crippen molar-refractivity contribution in [3.63, 3.8) is 0 Å². The molecule has 0 saturated carbocycles. The summed E-state index contributed by atoms with van der Waals surface area (Å²) in [6, 6.07) is 9.66. The lowest BCUT2D eigenvalue weighted by Gasteiger charge is -2.28. The molecule has 1 aliphatic heterocycles. The first-order valence-corrected chi connectivity index (χ1v) is 9.03. The normalized spacial score (nSPS) is 14.1. The van der Waals surface area contributed by atoms with Gasteiger partial charge in [-0.15, -0.1) is 0 Å². The van der Waals surface area contributed by atoms with Crippen molar-refractivity contribution >= 4 is 12.3 Å². The molecular weight excluding hydrogens is 344 g/mol. The number of benzene rings is 1. The topological polar surface area (TPSA) is 87.6 Å². The molecule has 0 amide bonds. The summed E-state index contributed by atoms with van der Waals surface area (Å²) in [5.74, 6) is 1.67. The highest BCUT2D eigenvalue weighted by molar-refractivity contribution is 5.58. The van der Waals surface area contributed by atoms with E-state index in [9.17, 15) is 9.90 Å². The van der Waals surface area contributed by atoms with Crippen molar-refractivity contribution in [2.24, 2.45) is 0 Å². The van der Waals surface area contributed by atoms with Gasteiger partial charge in [0.15, 0.2) is 5.82 Å². The predicted molar refractivity (Wildman–Crippen MR) is 105 cm³/mol. The molecule has 0 unspecified atom stereocenters. The number of hydrogen-bond acceptors (Lipinski definition) is 7. The zero-order valence-electron chi connectivity index (χ0n) is 16.2. The van der Waals surface area contributed by atoms with Crippen LogP contribution in [-0.4, -0.2) is 53.3 Å². The summed E-state index contributed by atoms with van der Waals surface area (Å²) in [6.07, 6.45) is 1.80. The van der Waals surface area contributed by atoms with Gasteiger partial charge < -0.3 is 20.1 Å². The number of aliphatic hydroxyl groups excluding tert-OH is 1. The summed E-state index contributed by atoms with van der Waals surface area (Å²) in [4.78, 5) is 20.9. The molecule has 3 rings (SSSR count). The molecule has 7 nitrogen and oxygen atoms in total. The van der Waals surface area contributed by atoms with Gasteiger partial charge in [0.2, 0.25) is 0 Å². The van der Waals surface area contributed by atoms with Crippen molar-refractivity contribution in [1.29, 1.82) is 0 Å². The van der Waals surface area contributed by atoms with E-state index in [-0.39, 0.29) is 12.2 Å². The Morgan fingerprint density at radius 1 is 1.26 bits per heavy atom. The fourth-order valence-corrected chi connectivity index (χ4v) is 2.51. The van der Waals surface area contributed by atoms with Gasteiger partial charge in [-0.1, -0.05) is 18.2 Å². The summed E-state index contributed by atoms with van der Waals surface area (Å²) >= 11 is 0. The Kier molecular flexibility index (Phi) is 7.69. The molecular formula is C20H28N4O3. The van der Waals surface area contributed by atoms with Crippen LogP contribution >= 0.6 is 0 Å². The molecule has 0 aliphatic carbocycles. The van der Waals surface area contributed by atoms with E-state index < -0.39 is 0 Å². The number of carbonyl (C=O) groups excluding carboxylic acids is 1. The van der Waals surface area contributed by atoms with E-state index in [1.165, 1.54) is 0 Å². The van der Waals surface area contributed by atoms with Crippen LogP contribution < -0.4 is 10.2 Å². The van der Waals surface area contributed by atoms with E-state index in [1.54, 1.807) is 6.20 Å². The highest BCUT2D eigenvalue weighted by Crippen LogP contribution is 2.19. The number of hydrogen-bond donors (Lipinski definition) is 2. The monoisotopic (exact) mass is 372 g/mol. The second kappa shape index (κ2) is 9.99. The molecule has 2 heterocycles. The SMILES string of the molecule is CC(C)(C)OC=O.OCc1cccc(-c2nccc(N3CCNCC3)n2)c1. The minimum absolute atomic E-state index is 0.0331. The van der Waals surface area contributed by atoms with Crippen LogP contribution in [0.15, 0.2) is 36.5 Å². The van der Waals surface area contributed by atoms with Crippen molar-refractivity contribution < 1.29 is 14.6 Å². The Morgan fingerprint density at radius 2 is 2.00 bits per heavy atom. The van der Waals surface area contributed by atoms with Crippen LogP contribution in [0.25, 0.3) is 11.4 Å². The number of rotatable bonds is 4. The Hall–Kier alpha value is -2.51. The Labute approximate surface area is 160 Å². The molecule has 1 aromatic carbocycles. The lowest BCUT2D eigenvalue weighted by molar-refractivity contribution is -0.138. The van der Waals surface area contributed by atoms with E-state index in [4.69, 9.17) is 0 Å². The van der Waals surface area contributed by atoms with Crippen LogP contribution in [-0.2, 0) is 16.1 Å². The van der Waals surface area contributed by atoms with E-state index in [1.807, 2.05) is 51.1 Å². The molecule has 0 atom stereocenters. The fourth-order valence-electron chi connectivity index (χ4n) is 2.51. The molecule has 2 N–H and O–H groups in total. The third-order valence-corrected chi connectivity index (χ3v) is 3.85. The van der Waals surface area contributed by atoms with Crippen LogP contribution in [0.5, 0.6) is 0 Å². The highest BCUT2D eigenvalue weighted by Gasteiger charge is 2.13. The van der Waals surface area contributed by atoms with Crippen LogP contribution in [0.4, 0.5) is 5.82 Å². The quantitative estimate of drug-likeness (QED) is 0.794. The van der Waals surface area contributed by atoms with Gasteiger partial charge in [0.05, 0.1) is 6.61 Å². The second-order valence-corrected chi connectivity index (χ2v) is 7.16. The van der Waals surface area contributed by atoms with Crippen LogP contribution in [0.3, 0.4) is 0 Å². The second-order valence-electron chi connectivity index (χ2n) is 7.16. The standard InChI is InChI=1S/C15H18N4O.C5H10O2/c20-11-12-2-1-3-13(10-12)15-17-5-4-14(18-15)19-8-6-16-7-9-19;1-5(2,3)7-4-6/h1-5,10,16,20H,6-9,11H2;4H,1-3H3. The van der Waals surface area contributed by atoms with Crippen molar-refractivity contribution in [3.05, 3.63) is 42.1 Å². The number of piperazine rings is 1. The summed E-state index contributed by atoms with van der Waals surface area (Å²) in [5, 5.41) is 12.5.